The van der Waals surface area contributed by atoms with Crippen molar-refractivity contribution in [2.75, 3.05) is 0 Å². The zero-order valence-corrected chi connectivity index (χ0v) is 15.0. The van der Waals surface area contributed by atoms with Crippen molar-refractivity contribution in [3.05, 3.63) is 84.4 Å². The molecule has 0 aliphatic carbocycles. The summed E-state index contributed by atoms with van der Waals surface area (Å²) in [5.74, 6) is 0.507. The highest BCUT2D eigenvalue weighted by Crippen LogP contribution is 2.34. The zero-order valence-electron chi connectivity index (χ0n) is 15.0. The van der Waals surface area contributed by atoms with Gasteiger partial charge in [-0.1, -0.05) is 62.4 Å². The molecule has 0 saturated heterocycles. The Morgan fingerprint density at radius 1 is 0.615 bits per heavy atom. The van der Waals surface area contributed by atoms with E-state index in [9.17, 15) is 0 Å². The number of benzene rings is 4. The van der Waals surface area contributed by atoms with Crippen LogP contribution >= 0.6 is 0 Å². The Balaban J connectivity index is 1.72. The quantitative estimate of drug-likeness (QED) is 0.325. The van der Waals surface area contributed by atoms with Gasteiger partial charge in [0.1, 0.15) is 11.2 Å². The third-order valence-electron chi connectivity index (χ3n) is 5.24. The first-order valence-electron chi connectivity index (χ1n) is 9.14. The van der Waals surface area contributed by atoms with Gasteiger partial charge in [-0.25, -0.2) is 0 Å². The van der Waals surface area contributed by atoms with Gasteiger partial charge in [0.2, 0.25) is 0 Å². The molecule has 5 aromatic rings. The molecule has 0 aliphatic rings. The number of furan rings is 1. The van der Waals surface area contributed by atoms with Gasteiger partial charge in [-0.15, -0.1) is 0 Å². The van der Waals surface area contributed by atoms with Crippen molar-refractivity contribution in [3.8, 4) is 11.1 Å². The molecule has 126 valence electrons. The Morgan fingerprint density at radius 3 is 2.08 bits per heavy atom. The molecule has 0 spiro atoms. The zero-order chi connectivity index (χ0) is 17.7. The molecular weight excluding hydrogens is 316 g/mol. The first-order valence-corrected chi connectivity index (χ1v) is 9.14. The molecule has 0 saturated carbocycles. The van der Waals surface area contributed by atoms with Gasteiger partial charge >= 0.3 is 0 Å². The maximum absolute atomic E-state index is 6.05. The van der Waals surface area contributed by atoms with Crippen molar-refractivity contribution in [1.29, 1.82) is 0 Å². The second-order valence-electron chi connectivity index (χ2n) is 7.29. The lowest BCUT2D eigenvalue weighted by atomic mass is 9.98. The van der Waals surface area contributed by atoms with Crippen LogP contribution in [0.3, 0.4) is 0 Å². The Bertz CT molecular complexity index is 1260. The summed E-state index contributed by atoms with van der Waals surface area (Å²) in [6, 6.07) is 28.2. The van der Waals surface area contributed by atoms with Crippen LogP contribution in [-0.4, -0.2) is 0 Å². The third-order valence-corrected chi connectivity index (χ3v) is 5.24. The summed E-state index contributed by atoms with van der Waals surface area (Å²) in [7, 11) is 0. The van der Waals surface area contributed by atoms with Gasteiger partial charge in [0.25, 0.3) is 0 Å². The Hall–Kier alpha value is -3.06. The minimum Gasteiger partial charge on any atom is -0.456 e. The van der Waals surface area contributed by atoms with Crippen molar-refractivity contribution in [3.63, 3.8) is 0 Å². The molecule has 1 heterocycles. The number of fused-ring (bicyclic) bond motifs is 4. The van der Waals surface area contributed by atoms with E-state index in [-0.39, 0.29) is 0 Å². The molecule has 5 rings (SSSR count). The number of hydrogen-bond acceptors (Lipinski definition) is 1. The predicted octanol–water partition coefficient (Wildman–Crippen LogP) is 7.53. The van der Waals surface area contributed by atoms with E-state index in [0.29, 0.717) is 5.92 Å². The second-order valence-corrected chi connectivity index (χ2v) is 7.29. The monoisotopic (exact) mass is 336 g/mol. The number of rotatable bonds is 2. The van der Waals surface area contributed by atoms with Crippen LogP contribution in [0.15, 0.2) is 83.3 Å². The van der Waals surface area contributed by atoms with Crippen molar-refractivity contribution < 1.29 is 4.42 Å². The van der Waals surface area contributed by atoms with Gasteiger partial charge in [-0.05, 0) is 63.7 Å². The van der Waals surface area contributed by atoms with Crippen LogP contribution in [-0.2, 0) is 0 Å². The maximum Gasteiger partial charge on any atom is 0.135 e. The Kier molecular flexibility index (Phi) is 3.36. The summed E-state index contributed by atoms with van der Waals surface area (Å²) >= 11 is 0. The van der Waals surface area contributed by atoms with E-state index in [1.54, 1.807) is 0 Å². The van der Waals surface area contributed by atoms with E-state index in [1.807, 2.05) is 0 Å². The molecule has 26 heavy (non-hydrogen) atoms. The molecule has 0 radical (unpaired) electrons. The van der Waals surface area contributed by atoms with Gasteiger partial charge in [0.15, 0.2) is 0 Å². The molecule has 0 atom stereocenters. The molecule has 0 amide bonds. The topological polar surface area (TPSA) is 13.1 Å². The SMILES string of the molecule is CC(C)c1ccc2oc3ccc(-c4ccc5ccccc5c4)cc3c2c1. The van der Waals surface area contributed by atoms with Crippen LogP contribution in [0.25, 0.3) is 43.8 Å². The third kappa shape index (κ3) is 2.40. The van der Waals surface area contributed by atoms with Gasteiger partial charge in [-0.3, -0.25) is 0 Å². The summed E-state index contributed by atoms with van der Waals surface area (Å²) in [4.78, 5) is 0. The summed E-state index contributed by atoms with van der Waals surface area (Å²) in [6.45, 7) is 4.45. The maximum atomic E-state index is 6.05. The Morgan fingerprint density at radius 2 is 1.27 bits per heavy atom. The highest BCUT2D eigenvalue weighted by molar-refractivity contribution is 6.06. The first-order chi connectivity index (χ1) is 12.7. The van der Waals surface area contributed by atoms with Crippen molar-refractivity contribution in [2.45, 2.75) is 19.8 Å². The summed E-state index contributed by atoms with van der Waals surface area (Å²) in [5.41, 5.74) is 5.71. The molecular formula is C25H20O. The first kappa shape index (κ1) is 15.2. The molecule has 4 aromatic carbocycles. The fourth-order valence-electron chi connectivity index (χ4n) is 3.70. The van der Waals surface area contributed by atoms with Crippen LogP contribution in [0.1, 0.15) is 25.3 Å². The molecule has 1 nitrogen and oxygen atoms in total. The molecule has 1 heteroatoms. The van der Waals surface area contributed by atoms with Crippen LogP contribution in [0, 0.1) is 0 Å². The van der Waals surface area contributed by atoms with Gasteiger partial charge < -0.3 is 4.42 Å². The lowest BCUT2D eigenvalue weighted by Crippen LogP contribution is -1.85. The van der Waals surface area contributed by atoms with E-state index in [4.69, 9.17) is 4.42 Å². The summed E-state index contributed by atoms with van der Waals surface area (Å²) in [5, 5.41) is 4.93. The molecule has 0 aliphatic heterocycles. The minimum atomic E-state index is 0.507. The normalized spacial score (nSPS) is 11.8. The number of hydrogen-bond donors (Lipinski definition) is 0. The standard InChI is InChI=1S/C25H20O/c1-16(2)18-9-11-24-22(14-18)23-15-21(10-12-25(23)26-24)20-8-7-17-5-3-4-6-19(17)13-20/h3-16H,1-2H3. The summed E-state index contributed by atoms with van der Waals surface area (Å²) < 4.78 is 6.05. The Labute approximate surface area is 152 Å². The molecule has 0 bridgehead atoms. The average Bonchev–Trinajstić information content (AvgIpc) is 3.04. The fraction of sp³-hybridized carbons (Fsp3) is 0.120. The van der Waals surface area contributed by atoms with Crippen LogP contribution in [0.2, 0.25) is 0 Å². The lowest BCUT2D eigenvalue weighted by molar-refractivity contribution is 0.668. The highest BCUT2D eigenvalue weighted by Gasteiger charge is 2.10. The van der Waals surface area contributed by atoms with Crippen LogP contribution in [0.5, 0.6) is 0 Å². The van der Waals surface area contributed by atoms with Crippen LogP contribution < -0.4 is 0 Å². The van der Waals surface area contributed by atoms with Gasteiger partial charge in [0, 0.05) is 10.8 Å². The average molecular weight is 336 g/mol. The predicted molar refractivity (Wildman–Crippen MR) is 111 cm³/mol. The van der Waals surface area contributed by atoms with E-state index in [1.165, 1.54) is 38.2 Å². The minimum absolute atomic E-state index is 0.507. The van der Waals surface area contributed by atoms with Gasteiger partial charge in [0.05, 0.1) is 0 Å². The van der Waals surface area contributed by atoms with Crippen molar-refractivity contribution in [2.24, 2.45) is 0 Å². The van der Waals surface area contributed by atoms with Crippen molar-refractivity contribution >= 4 is 32.7 Å². The smallest absolute Gasteiger partial charge is 0.135 e. The second kappa shape index (κ2) is 5.74. The molecule has 1 aromatic heterocycles. The van der Waals surface area contributed by atoms with Crippen LogP contribution in [0.4, 0.5) is 0 Å². The summed E-state index contributed by atoms with van der Waals surface area (Å²) in [6.07, 6.45) is 0. The molecule has 0 N–H and O–H groups in total. The van der Waals surface area contributed by atoms with E-state index in [2.05, 4.69) is 92.7 Å². The van der Waals surface area contributed by atoms with Gasteiger partial charge in [-0.2, -0.15) is 0 Å². The van der Waals surface area contributed by atoms with E-state index in [0.717, 1.165) is 11.2 Å². The largest absolute Gasteiger partial charge is 0.456 e. The fourth-order valence-corrected chi connectivity index (χ4v) is 3.70. The molecule has 0 unspecified atom stereocenters. The van der Waals surface area contributed by atoms with Crippen molar-refractivity contribution in [1.82, 2.24) is 0 Å². The molecule has 0 fully saturated rings. The van der Waals surface area contributed by atoms with E-state index >= 15 is 0 Å². The lowest BCUT2D eigenvalue weighted by Gasteiger charge is -2.05. The van der Waals surface area contributed by atoms with E-state index < -0.39 is 0 Å². The highest BCUT2D eigenvalue weighted by atomic mass is 16.3.